The van der Waals surface area contributed by atoms with Gasteiger partial charge in [0, 0.05) is 84.0 Å². The van der Waals surface area contributed by atoms with Crippen LogP contribution in [0.15, 0.2) is 48.5 Å². The lowest BCUT2D eigenvalue weighted by molar-refractivity contribution is -0.137. The van der Waals surface area contributed by atoms with E-state index in [1.807, 2.05) is 53.1 Å². The summed E-state index contributed by atoms with van der Waals surface area (Å²) < 4.78 is 60.3. The number of piperidine rings is 2. The number of fused-ring (bicyclic) bond motifs is 5. The van der Waals surface area contributed by atoms with E-state index >= 15 is 8.78 Å². The Morgan fingerprint density at radius 3 is 2.36 bits per heavy atom. The Bertz CT molecular complexity index is 2400. The Morgan fingerprint density at radius 1 is 0.932 bits per heavy atom. The number of carbonyl (C=O) groups is 4. The molecule has 6 aliphatic heterocycles. The highest BCUT2D eigenvalue weighted by atomic mass is 19.3. The van der Waals surface area contributed by atoms with E-state index < -0.39 is 42.6 Å². The molecule has 1 unspecified atom stereocenters. The van der Waals surface area contributed by atoms with Crippen LogP contribution in [0.5, 0.6) is 0 Å². The number of hydrogen-bond donors (Lipinski definition) is 2. The zero-order chi connectivity index (χ0) is 40.9. The molecular weight excluding hydrogens is 767 g/mol. The lowest BCUT2D eigenvalue weighted by Crippen LogP contribution is -2.61. The Kier molecular flexibility index (Phi) is 9.12. The maximum absolute atomic E-state index is 16.2. The van der Waals surface area contributed by atoms with E-state index in [0.717, 1.165) is 46.0 Å². The van der Waals surface area contributed by atoms with Gasteiger partial charge in [0.15, 0.2) is 0 Å². The number of halogens is 4. The van der Waals surface area contributed by atoms with E-state index in [2.05, 4.69) is 15.2 Å². The maximum Gasteiger partial charge on any atom is 0.255 e. The highest BCUT2D eigenvalue weighted by Crippen LogP contribution is 2.46. The number of rotatable bonds is 7. The van der Waals surface area contributed by atoms with Gasteiger partial charge >= 0.3 is 0 Å². The molecule has 0 aliphatic carbocycles. The third kappa shape index (κ3) is 6.48. The van der Waals surface area contributed by atoms with Crippen LogP contribution >= 0.6 is 0 Å². The van der Waals surface area contributed by atoms with Gasteiger partial charge in [-0.05, 0) is 92.2 Å². The summed E-state index contributed by atoms with van der Waals surface area (Å²) in [5.74, 6) is -2.51. The summed E-state index contributed by atoms with van der Waals surface area (Å²) in [4.78, 5) is 63.2. The van der Waals surface area contributed by atoms with Crippen LogP contribution in [0.3, 0.4) is 0 Å². The molecule has 3 aromatic carbocycles. The second kappa shape index (κ2) is 14.2. The summed E-state index contributed by atoms with van der Waals surface area (Å²) in [6, 6.07) is 12.0. The normalized spacial score (nSPS) is 24.2. The quantitative estimate of drug-likeness (QED) is 0.194. The first-order valence-corrected chi connectivity index (χ1v) is 20.5. The number of anilines is 1. The molecule has 59 heavy (non-hydrogen) atoms. The fourth-order valence-corrected chi connectivity index (χ4v) is 10.7. The number of nitrogens with one attached hydrogen (secondary N) is 2. The van der Waals surface area contributed by atoms with Gasteiger partial charge in [0.25, 0.3) is 12.3 Å². The van der Waals surface area contributed by atoms with Crippen molar-refractivity contribution in [2.24, 2.45) is 5.41 Å². The molecule has 15 heteroatoms. The number of amides is 4. The number of carbonyl (C=O) groups excluding carboxylic acids is 4. The van der Waals surface area contributed by atoms with Crippen molar-refractivity contribution in [2.75, 3.05) is 44.2 Å². The van der Waals surface area contributed by atoms with Crippen LogP contribution in [0.1, 0.15) is 82.5 Å². The first-order valence-electron chi connectivity index (χ1n) is 20.5. The predicted molar refractivity (Wildman–Crippen MR) is 209 cm³/mol. The minimum absolute atomic E-state index is 0.00845. The van der Waals surface area contributed by atoms with E-state index in [1.165, 1.54) is 21.9 Å². The number of likely N-dealkylation sites (tertiary alicyclic amines) is 1. The zero-order valence-electron chi connectivity index (χ0n) is 32.7. The second-order valence-corrected chi connectivity index (χ2v) is 17.5. The van der Waals surface area contributed by atoms with Gasteiger partial charge in [-0.2, -0.15) is 0 Å². The van der Waals surface area contributed by atoms with Crippen molar-refractivity contribution in [3.63, 3.8) is 0 Å². The Hall–Kier alpha value is -5.28. The third-order valence-corrected chi connectivity index (χ3v) is 13.8. The minimum Gasteiger partial charge on any atom is -0.370 e. The van der Waals surface area contributed by atoms with Crippen molar-refractivity contribution < 1.29 is 36.7 Å². The van der Waals surface area contributed by atoms with Crippen molar-refractivity contribution in [2.45, 2.75) is 83.2 Å². The van der Waals surface area contributed by atoms with Gasteiger partial charge in [-0.3, -0.25) is 34.3 Å². The van der Waals surface area contributed by atoms with Gasteiger partial charge < -0.3 is 19.7 Å². The maximum atomic E-state index is 16.2. The fraction of sp³-hybridized carbons (Fsp3) is 0.455. The number of imide groups is 1. The smallest absolute Gasteiger partial charge is 0.255 e. The van der Waals surface area contributed by atoms with Crippen molar-refractivity contribution in [1.29, 1.82) is 0 Å². The molecule has 3 fully saturated rings. The van der Waals surface area contributed by atoms with Crippen LogP contribution in [0.2, 0.25) is 0 Å². The molecule has 1 spiro atoms. The number of H-pyrrole nitrogens is 1. The first kappa shape index (κ1) is 38.0. The monoisotopic (exact) mass is 811 g/mol. The number of benzene rings is 3. The van der Waals surface area contributed by atoms with E-state index in [0.29, 0.717) is 75.6 Å². The number of hydrogen-bond acceptors (Lipinski definition) is 7. The van der Waals surface area contributed by atoms with Crippen LogP contribution in [-0.2, 0) is 40.4 Å². The molecule has 3 atom stereocenters. The van der Waals surface area contributed by atoms with Crippen molar-refractivity contribution >= 4 is 40.2 Å². The summed E-state index contributed by atoms with van der Waals surface area (Å²) >= 11 is 0. The largest absolute Gasteiger partial charge is 0.370 e. The molecule has 6 aliphatic rings. The third-order valence-electron chi connectivity index (χ3n) is 13.8. The van der Waals surface area contributed by atoms with Crippen molar-refractivity contribution in [3.05, 3.63) is 99.2 Å². The van der Waals surface area contributed by atoms with Crippen molar-refractivity contribution in [3.8, 4) is 0 Å². The standard InChI is InChI=1S/C44H45F4N7O4/c1-24-12-31-29-4-2-3-5-34(29)49-40(31)41(54(24)20-36(47)48)39-32(45)15-28(16-33(39)46)53-22-44(23-53)8-10-51(11-9-44)21-38(57)52-17-25-13-27-19-55(35-6-7-37(56)50-42(35)58)43(59)30(27)14-26(25)18-52/h2-5,13-16,24,35-36,41,49H,6-12,17-23H2,1H3,(H,50,56,58)/t24-,35?,41-/m1/s1. The molecule has 308 valence electrons. The zero-order valence-corrected chi connectivity index (χ0v) is 32.7. The lowest BCUT2D eigenvalue weighted by atomic mass is 9.71. The molecule has 1 aromatic heterocycles. The molecule has 0 saturated carbocycles. The molecule has 7 heterocycles. The average molecular weight is 812 g/mol. The Morgan fingerprint density at radius 2 is 1.64 bits per heavy atom. The fourth-order valence-electron chi connectivity index (χ4n) is 10.7. The van der Waals surface area contributed by atoms with Gasteiger partial charge in [0.2, 0.25) is 17.7 Å². The molecule has 11 nitrogen and oxygen atoms in total. The summed E-state index contributed by atoms with van der Waals surface area (Å²) in [5.41, 5.74) is 5.71. The number of para-hydroxylation sites is 1. The molecule has 4 aromatic rings. The Labute approximate surface area is 338 Å². The summed E-state index contributed by atoms with van der Waals surface area (Å²) in [6.07, 6.45) is -0.0142. The minimum atomic E-state index is -2.67. The van der Waals surface area contributed by atoms with Gasteiger partial charge in [-0.15, -0.1) is 0 Å². The number of alkyl halides is 2. The lowest BCUT2D eigenvalue weighted by Gasteiger charge is -2.55. The van der Waals surface area contributed by atoms with E-state index in [9.17, 15) is 28.0 Å². The Balaban J connectivity index is 0.760. The number of aromatic amines is 1. The van der Waals surface area contributed by atoms with E-state index in [-0.39, 0.29) is 47.7 Å². The van der Waals surface area contributed by atoms with Gasteiger partial charge in [0.05, 0.1) is 19.1 Å². The number of nitrogens with zero attached hydrogens (tertiary/aromatic N) is 5. The van der Waals surface area contributed by atoms with Crippen LogP contribution in [0, 0.1) is 17.0 Å². The number of aromatic nitrogens is 1. The molecule has 3 saturated heterocycles. The van der Waals surface area contributed by atoms with E-state index in [4.69, 9.17) is 0 Å². The molecule has 10 rings (SSSR count). The second-order valence-electron chi connectivity index (χ2n) is 17.5. The SMILES string of the molecule is C[C@@H]1Cc2c([nH]c3ccccc23)[C@@H](c2c(F)cc(N3CC4(CCN(CC(=O)N5Cc6cc7c(cc6C5)C(=O)N(C5CCC(=O)NC5=O)C7)CC4)C3)cc2F)N1CC(F)F. The molecule has 2 N–H and O–H groups in total. The van der Waals surface area contributed by atoms with Gasteiger partial charge in [-0.1, -0.05) is 24.3 Å². The average Bonchev–Trinajstić information content (AvgIpc) is 3.87. The van der Waals surface area contributed by atoms with Gasteiger partial charge in [0.1, 0.15) is 17.7 Å². The highest BCUT2D eigenvalue weighted by Gasteiger charge is 2.47. The van der Waals surface area contributed by atoms with Crippen LogP contribution < -0.4 is 10.2 Å². The molecule has 0 radical (unpaired) electrons. The topological polar surface area (TPSA) is 112 Å². The molecule has 4 amide bonds. The molecular formula is C44H45F4N7O4. The van der Waals surface area contributed by atoms with Crippen molar-refractivity contribution in [1.82, 2.24) is 29.9 Å². The summed E-state index contributed by atoms with van der Waals surface area (Å²) in [6.45, 7) is 5.31. The van der Waals surface area contributed by atoms with E-state index in [1.54, 1.807) is 0 Å². The first-order chi connectivity index (χ1) is 28.3. The van der Waals surface area contributed by atoms with Gasteiger partial charge in [-0.25, -0.2) is 17.6 Å². The summed E-state index contributed by atoms with van der Waals surface area (Å²) in [5, 5.41) is 3.26. The molecule has 0 bridgehead atoms. The highest BCUT2D eigenvalue weighted by molar-refractivity contribution is 6.05. The summed E-state index contributed by atoms with van der Waals surface area (Å²) in [7, 11) is 0. The van der Waals surface area contributed by atoms with Crippen LogP contribution in [-0.4, -0.2) is 106 Å². The van der Waals surface area contributed by atoms with Crippen LogP contribution in [0.4, 0.5) is 23.2 Å². The predicted octanol–water partition coefficient (Wildman–Crippen LogP) is 5.25. The van der Waals surface area contributed by atoms with Crippen LogP contribution in [0.25, 0.3) is 10.9 Å².